The van der Waals surface area contributed by atoms with Crippen molar-refractivity contribution < 1.29 is 8.42 Å². The van der Waals surface area contributed by atoms with Gasteiger partial charge in [-0.25, -0.2) is 17.9 Å². The number of anilines is 2. The highest BCUT2D eigenvalue weighted by molar-refractivity contribution is 7.91. The van der Waals surface area contributed by atoms with Gasteiger partial charge in [-0.05, 0) is 61.2 Å². The molecule has 0 radical (unpaired) electrons. The van der Waals surface area contributed by atoms with Gasteiger partial charge in [0.05, 0.1) is 39.8 Å². The number of hydrogen-bond acceptors (Lipinski definition) is 6. The zero-order valence-electron chi connectivity index (χ0n) is 17.1. The van der Waals surface area contributed by atoms with E-state index in [0.29, 0.717) is 16.8 Å². The van der Waals surface area contributed by atoms with Gasteiger partial charge in [-0.3, -0.25) is 5.10 Å². The Bertz CT molecular complexity index is 1570. The highest BCUT2D eigenvalue weighted by Gasteiger charge is 2.29. The second-order valence-electron chi connectivity index (χ2n) is 8.19. The second-order valence-corrected chi connectivity index (χ2v) is 10.2. The molecule has 3 heterocycles. The molecule has 1 aliphatic carbocycles. The molecule has 0 aliphatic heterocycles. The smallest absolute Gasteiger partial charge is 0.245 e. The minimum Gasteiger partial charge on any atom is -0.323 e. The molecule has 32 heavy (non-hydrogen) atoms. The average Bonchev–Trinajstić information content (AvgIpc) is 3.31. The summed E-state index contributed by atoms with van der Waals surface area (Å²) in [5, 5.41) is 15.8. The Hall–Kier alpha value is -3.72. The van der Waals surface area contributed by atoms with Crippen LogP contribution in [0.3, 0.4) is 0 Å². The molecule has 9 heteroatoms. The van der Waals surface area contributed by atoms with Crippen LogP contribution in [0.15, 0.2) is 71.9 Å². The zero-order valence-corrected chi connectivity index (χ0v) is 17.9. The summed E-state index contributed by atoms with van der Waals surface area (Å²) in [5.74, 6) is 0.971. The lowest BCUT2D eigenvalue weighted by Gasteiger charge is -2.09. The second kappa shape index (κ2) is 7.16. The highest BCUT2D eigenvalue weighted by Crippen LogP contribution is 2.33. The molecule has 0 bridgehead atoms. The predicted molar refractivity (Wildman–Crippen MR) is 123 cm³/mol. The first kappa shape index (κ1) is 19.0. The van der Waals surface area contributed by atoms with Crippen molar-refractivity contribution in [1.82, 2.24) is 24.8 Å². The molecular weight excluding hydrogens is 424 g/mol. The molecule has 6 rings (SSSR count). The van der Waals surface area contributed by atoms with E-state index >= 15 is 0 Å². The number of hydrogen-bond donors (Lipinski definition) is 2. The number of H-pyrrole nitrogens is 1. The van der Waals surface area contributed by atoms with Crippen LogP contribution < -0.4 is 5.32 Å². The summed E-state index contributed by atoms with van der Waals surface area (Å²) < 4.78 is 27.3. The lowest BCUT2D eigenvalue weighted by atomic mass is 10.2. The number of rotatable bonds is 6. The van der Waals surface area contributed by atoms with Crippen molar-refractivity contribution in [2.24, 2.45) is 5.92 Å². The quantitative estimate of drug-likeness (QED) is 0.407. The Morgan fingerprint density at radius 3 is 2.84 bits per heavy atom. The third-order valence-corrected chi connectivity index (χ3v) is 7.62. The highest BCUT2D eigenvalue weighted by atomic mass is 32.2. The van der Waals surface area contributed by atoms with Gasteiger partial charge in [0.2, 0.25) is 5.95 Å². The van der Waals surface area contributed by atoms with E-state index in [1.165, 1.54) is 0 Å². The molecular formula is C23H20N6O2S. The van der Waals surface area contributed by atoms with Gasteiger partial charge in [0.25, 0.3) is 0 Å². The number of sulfone groups is 1. The summed E-state index contributed by atoms with van der Waals surface area (Å²) >= 11 is 0. The van der Waals surface area contributed by atoms with Gasteiger partial charge >= 0.3 is 0 Å². The normalized spacial score (nSPS) is 14.2. The summed E-state index contributed by atoms with van der Waals surface area (Å²) in [6.07, 6.45) is 5.51. The van der Waals surface area contributed by atoms with Crippen molar-refractivity contribution in [3.63, 3.8) is 0 Å². The number of nitrogens with zero attached hydrogens (tertiary/aromatic N) is 4. The molecule has 1 aliphatic rings. The molecule has 160 valence electrons. The number of aromatic amines is 1. The standard InChI is InChI=1S/C23H20N6O2S/c30-32(31,14-15-4-5-15)20-3-1-2-16(11-20)22-9-7-19-13-24-23(28-29(19)22)26-18-6-8-21-17(10-18)12-25-27-21/h1-3,6-13,15H,4-5,14H2,(H,25,27)(H,26,28). The van der Waals surface area contributed by atoms with Crippen LogP contribution in [0, 0.1) is 5.92 Å². The lowest BCUT2D eigenvalue weighted by molar-refractivity contribution is 0.592. The summed E-state index contributed by atoms with van der Waals surface area (Å²) in [6, 6.07) is 16.8. The SMILES string of the molecule is O=S(=O)(CC1CC1)c1cccc(-c2ccc3cnc(Nc4ccc5[nH]ncc5c4)nn23)c1. The number of benzene rings is 2. The minimum atomic E-state index is -3.29. The van der Waals surface area contributed by atoms with E-state index in [2.05, 4.69) is 25.6 Å². The van der Waals surface area contributed by atoms with Crippen LogP contribution in [0.2, 0.25) is 0 Å². The molecule has 0 amide bonds. The first-order chi connectivity index (χ1) is 15.5. The Morgan fingerprint density at radius 2 is 1.97 bits per heavy atom. The largest absolute Gasteiger partial charge is 0.323 e. The third-order valence-electron chi connectivity index (χ3n) is 5.74. The summed E-state index contributed by atoms with van der Waals surface area (Å²) in [6.45, 7) is 0. The Balaban J connectivity index is 1.35. The van der Waals surface area contributed by atoms with Gasteiger partial charge in [-0.1, -0.05) is 12.1 Å². The van der Waals surface area contributed by atoms with Gasteiger partial charge in [0.1, 0.15) is 0 Å². The Morgan fingerprint density at radius 1 is 1.06 bits per heavy atom. The van der Waals surface area contributed by atoms with Crippen LogP contribution in [0.1, 0.15) is 12.8 Å². The predicted octanol–water partition coefficient (Wildman–Crippen LogP) is 4.20. The summed E-state index contributed by atoms with van der Waals surface area (Å²) in [4.78, 5) is 4.77. The van der Waals surface area contributed by atoms with E-state index in [9.17, 15) is 8.42 Å². The molecule has 5 aromatic rings. The van der Waals surface area contributed by atoms with Crippen molar-refractivity contribution in [2.75, 3.05) is 11.1 Å². The van der Waals surface area contributed by atoms with E-state index in [0.717, 1.165) is 46.2 Å². The van der Waals surface area contributed by atoms with Gasteiger partial charge < -0.3 is 5.32 Å². The van der Waals surface area contributed by atoms with Crippen molar-refractivity contribution in [3.05, 3.63) is 67.0 Å². The maximum absolute atomic E-state index is 12.7. The monoisotopic (exact) mass is 444 g/mol. The Labute approximate surface area is 184 Å². The van der Waals surface area contributed by atoms with Crippen LogP contribution >= 0.6 is 0 Å². The van der Waals surface area contributed by atoms with Crippen LogP contribution in [-0.4, -0.2) is 39.0 Å². The molecule has 1 fully saturated rings. The first-order valence-electron chi connectivity index (χ1n) is 10.4. The van der Waals surface area contributed by atoms with E-state index in [4.69, 9.17) is 0 Å². The van der Waals surface area contributed by atoms with Gasteiger partial charge in [0.15, 0.2) is 9.84 Å². The van der Waals surface area contributed by atoms with E-state index in [1.807, 2.05) is 36.4 Å². The fourth-order valence-corrected chi connectivity index (χ4v) is 5.61. The van der Waals surface area contributed by atoms with Crippen LogP contribution in [0.5, 0.6) is 0 Å². The average molecular weight is 445 g/mol. The van der Waals surface area contributed by atoms with Crippen molar-refractivity contribution >= 4 is 37.9 Å². The maximum Gasteiger partial charge on any atom is 0.245 e. The summed E-state index contributed by atoms with van der Waals surface area (Å²) in [5.41, 5.74) is 4.23. The molecule has 2 aromatic carbocycles. The number of nitrogens with one attached hydrogen (secondary N) is 2. The van der Waals surface area contributed by atoms with Crippen LogP contribution in [-0.2, 0) is 9.84 Å². The fraction of sp³-hybridized carbons (Fsp3) is 0.174. The Kier molecular flexibility index (Phi) is 4.25. The first-order valence-corrected chi connectivity index (χ1v) is 12.1. The molecule has 3 aromatic heterocycles. The van der Waals surface area contributed by atoms with E-state index < -0.39 is 9.84 Å². The van der Waals surface area contributed by atoms with Crippen LogP contribution in [0.25, 0.3) is 27.7 Å². The molecule has 0 saturated heterocycles. The van der Waals surface area contributed by atoms with Gasteiger partial charge in [0, 0.05) is 16.6 Å². The van der Waals surface area contributed by atoms with E-state index in [1.54, 1.807) is 35.1 Å². The van der Waals surface area contributed by atoms with Gasteiger partial charge in [-0.2, -0.15) is 5.10 Å². The third kappa shape index (κ3) is 3.50. The zero-order chi connectivity index (χ0) is 21.7. The lowest BCUT2D eigenvalue weighted by Crippen LogP contribution is -2.08. The molecule has 2 N–H and O–H groups in total. The topological polar surface area (TPSA) is 105 Å². The van der Waals surface area contributed by atoms with Crippen LogP contribution in [0.4, 0.5) is 11.6 Å². The molecule has 0 atom stereocenters. The maximum atomic E-state index is 12.7. The van der Waals surface area contributed by atoms with Crippen molar-refractivity contribution in [2.45, 2.75) is 17.7 Å². The molecule has 0 unspecified atom stereocenters. The molecule has 8 nitrogen and oxygen atoms in total. The molecule has 0 spiro atoms. The number of fused-ring (bicyclic) bond motifs is 2. The fourth-order valence-electron chi connectivity index (χ4n) is 3.87. The number of aromatic nitrogens is 5. The molecule has 1 saturated carbocycles. The summed E-state index contributed by atoms with van der Waals surface area (Å²) in [7, 11) is -3.29. The minimum absolute atomic E-state index is 0.225. The van der Waals surface area contributed by atoms with Crippen molar-refractivity contribution in [3.8, 4) is 11.3 Å². The van der Waals surface area contributed by atoms with Gasteiger partial charge in [-0.15, -0.1) is 5.10 Å². The van der Waals surface area contributed by atoms with Crippen molar-refractivity contribution in [1.29, 1.82) is 0 Å². The van der Waals surface area contributed by atoms with E-state index in [-0.39, 0.29) is 5.75 Å².